The van der Waals surface area contributed by atoms with E-state index in [9.17, 15) is 4.79 Å². The number of rotatable bonds is 5. The van der Waals surface area contributed by atoms with Crippen LogP contribution >= 0.6 is 11.6 Å². The van der Waals surface area contributed by atoms with Crippen LogP contribution < -0.4 is 5.32 Å². The van der Waals surface area contributed by atoms with Crippen LogP contribution in [0.1, 0.15) is 28.8 Å². The number of likely N-dealkylation sites (tertiary alicyclic amines) is 1. The molecular formula is C19H22ClN3O. The normalized spacial score (nSPS) is 16.0. The number of amides is 1. The number of hydrogen-bond donors (Lipinski definition) is 1. The predicted molar refractivity (Wildman–Crippen MR) is 96.3 cm³/mol. The Morgan fingerprint density at radius 3 is 2.58 bits per heavy atom. The lowest BCUT2D eigenvalue weighted by Gasteiger charge is -2.32. The summed E-state index contributed by atoms with van der Waals surface area (Å²) in [7, 11) is 0. The number of nitrogens with zero attached hydrogens (tertiary/aromatic N) is 2. The summed E-state index contributed by atoms with van der Waals surface area (Å²) in [4.78, 5) is 18.8. The minimum atomic E-state index is -0.0733. The molecular weight excluding hydrogens is 322 g/mol. The van der Waals surface area contributed by atoms with E-state index in [2.05, 4.69) is 27.3 Å². The number of pyridine rings is 1. The van der Waals surface area contributed by atoms with Crippen molar-refractivity contribution in [3.8, 4) is 0 Å². The van der Waals surface area contributed by atoms with Gasteiger partial charge in [0.05, 0.1) is 10.6 Å². The molecule has 0 saturated carbocycles. The van der Waals surface area contributed by atoms with Crippen LogP contribution in [-0.2, 0) is 6.42 Å². The molecule has 1 aliphatic rings. The number of hydrogen-bond acceptors (Lipinski definition) is 3. The monoisotopic (exact) mass is 343 g/mol. The third-order valence-corrected chi connectivity index (χ3v) is 4.84. The zero-order valence-corrected chi connectivity index (χ0v) is 14.4. The summed E-state index contributed by atoms with van der Waals surface area (Å²) < 4.78 is 0. The summed E-state index contributed by atoms with van der Waals surface area (Å²) in [5, 5.41) is 3.62. The number of aromatic nitrogens is 1. The fourth-order valence-corrected chi connectivity index (χ4v) is 3.27. The number of halogens is 1. The van der Waals surface area contributed by atoms with Gasteiger partial charge in [0, 0.05) is 38.1 Å². The van der Waals surface area contributed by atoms with E-state index < -0.39 is 0 Å². The highest BCUT2D eigenvalue weighted by atomic mass is 35.5. The summed E-state index contributed by atoms with van der Waals surface area (Å²) >= 11 is 6.09. The first-order valence-corrected chi connectivity index (χ1v) is 8.77. The van der Waals surface area contributed by atoms with E-state index in [4.69, 9.17) is 11.6 Å². The van der Waals surface area contributed by atoms with Gasteiger partial charge in [-0.2, -0.15) is 0 Å². The highest BCUT2D eigenvalue weighted by Gasteiger charge is 2.21. The van der Waals surface area contributed by atoms with Crippen LogP contribution in [-0.4, -0.2) is 41.5 Å². The minimum Gasteiger partial charge on any atom is -0.349 e. The van der Waals surface area contributed by atoms with Crippen molar-refractivity contribution in [1.82, 2.24) is 15.2 Å². The molecule has 0 aliphatic carbocycles. The Balaban J connectivity index is 1.44. The highest BCUT2D eigenvalue weighted by Crippen LogP contribution is 2.17. The second-order valence-electron chi connectivity index (χ2n) is 6.17. The molecule has 1 amide bonds. The second-order valence-corrected chi connectivity index (χ2v) is 6.58. The number of nitrogens with one attached hydrogen (secondary N) is 1. The molecule has 5 heteroatoms. The summed E-state index contributed by atoms with van der Waals surface area (Å²) in [5.74, 6) is -0.0733. The van der Waals surface area contributed by atoms with Gasteiger partial charge < -0.3 is 10.2 Å². The lowest BCUT2D eigenvalue weighted by atomic mass is 10.0. The Labute approximate surface area is 147 Å². The van der Waals surface area contributed by atoms with Gasteiger partial charge in [-0.15, -0.1) is 0 Å². The third kappa shape index (κ3) is 4.56. The fraction of sp³-hybridized carbons (Fsp3) is 0.368. The van der Waals surface area contributed by atoms with Gasteiger partial charge in [-0.3, -0.25) is 9.78 Å². The zero-order valence-electron chi connectivity index (χ0n) is 13.6. The van der Waals surface area contributed by atoms with E-state index in [1.165, 1.54) is 5.56 Å². The van der Waals surface area contributed by atoms with E-state index in [-0.39, 0.29) is 11.9 Å². The molecule has 3 rings (SSSR count). The number of carbonyl (C=O) groups excluding carboxylic acids is 1. The topological polar surface area (TPSA) is 45.2 Å². The van der Waals surface area contributed by atoms with E-state index >= 15 is 0 Å². The zero-order chi connectivity index (χ0) is 16.8. The van der Waals surface area contributed by atoms with Crippen LogP contribution in [0.4, 0.5) is 0 Å². The third-order valence-electron chi connectivity index (χ3n) is 4.51. The molecule has 1 aromatic carbocycles. The summed E-state index contributed by atoms with van der Waals surface area (Å²) in [6.45, 7) is 3.08. The number of carbonyl (C=O) groups is 1. The van der Waals surface area contributed by atoms with Crippen molar-refractivity contribution in [2.45, 2.75) is 25.3 Å². The van der Waals surface area contributed by atoms with Gasteiger partial charge in [0.15, 0.2) is 0 Å². The molecule has 0 radical (unpaired) electrons. The first kappa shape index (κ1) is 16.9. The molecule has 0 spiro atoms. The Morgan fingerprint density at radius 2 is 1.88 bits per heavy atom. The lowest BCUT2D eigenvalue weighted by molar-refractivity contribution is 0.0911. The largest absolute Gasteiger partial charge is 0.349 e. The van der Waals surface area contributed by atoms with Crippen molar-refractivity contribution in [2.75, 3.05) is 19.6 Å². The van der Waals surface area contributed by atoms with Gasteiger partial charge in [0.1, 0.15) is 0 Å². The van der Waals surface area contributed by atoms with Gasteiger partial charge in [-0.05, 0) is 49.1 Å². The molecule has 1 N–H and O–H groups in total. The van der Waals surface area contributed by atoms with Crippen molar-refractivity contribution >= 4 is 17.5 Å². The predicted octanol–water partition coefficient (Wildman–Crippen LogP) is 3.17. The Bertz CT molecular complexity index is 669. The Kier molecular flexibility index (Phi) is 5.83. The van der Waals surface area contributed by atoms with Crippen LogP contribution in [0.25, 0.3) is 0 Å². The Hall–Kier alpha value is -1.91. The molecule has 0 unspecified atom stereocenters. The van der Waals surface area contributed by atoms with Gasteiger partial charge in [-0.25, -0.2) is 0 Å². The van der Waals surface area contributed by atoms with Crippen LogP contribution in [0, 0.1) is 0 Å². The molecule has 2 heterocycles. The average molecular weight is 344 g/mol. The molecule has 1 saturated heterocycles. The van der Waals surface area contributed by atoms with Gasteiger partial charge in [0.2, 0.25) is 0 Å². The summed E-state index contributed by atoms with van der Waals surface area (Å²) in [6, 6.07) is 11.5. The van der Waals surface area contributed by atoms with Crippen molar-refractivity contribution in [3.05, 3.63) is 64.9 Å². The van der Waals surface area contributed by atoms with Crippen molar-refractivity contribution in [2.24, 2.45) is 0 Å². The standard InChI is InChI=1S/C19H22ClN3O/c20-18-4-2-1-3-17(18)19(24)22-16-8-13-23(14-9-16)12-7-15-5-10-21-11-6-15/h1-6,10-11,16H,7-9,12-14H2,(H,22,24). The Morgan fingerprint density at radius 1 is 1.17 bits per heavy atom. The number of benzene rings is 1. The van der Waals surface area contributed by atoms with Crippen LogP contribution in [0.3, 0.4) is 0 Å². The molecule has 24 heavy (non-hydrogen) atoms. The molecule has 2 aromatic rings. The molecule has 1 aromatic heterocycles. The highest BCUT2D eigenvalue weighted by molar-refractivity contribution is 6.33. The van der Waals surface area contributed by atoms with E-state index in [1.807, 2.05) is 24.5 Å². The SMILES string of the molecule is O=C(NC1CCN(CCc2ccncc2)CC1)c1ccccc1Cl. The van der Waals surface area contributed by atoms with Gasteiger partial charge in [-0.1, -0.05) is 23.7 Å². The quantitative estimate of drug-likeness (QED) is 0.907. The number of piperidine rings is 1. The summed E-state index contributed by atoms with van der Waals surface area (Å²) in [6.07, 6.45) is 6.68. The second kappa shape index (κ2) is 8.27. The first-order chi connectivity index (χ1) is 11.7. The average Bonchev–Trinajstić information content (AvgIpc) is 2.62. The molecule has 126 valence electrons. The first-order valence-electron chi connectivity index (χ1n) is 8.39. The molecule has 4 nitrogen and oxygen atoms in total. The molecule has 0 bridgehead atoms. The maximum Gasteiger partial charge on any atom is 0.253 e. The van der Waals surface area contributed by atoms with E-state index in [0.717, 1.165) is 38.9 Å². The van der Waals surface area contributed by atoms with Crippen molar-refractivity contribution < 1.29 is 4.79 Å². The van der Waals surface area contributed by atoms with E-state index in [1.54, 1.807) is 12.1 Å². The van der Waals surface area contributed by atoms with Gasteiger partial charge >= 0.3 is 0 Å². The van der Waals surface area contributed by atoms with E-state index in [0.29, 0.717) is 10.6 Å². The molecule has 1 fully saturated rings. The maximum atomic E-state index is 12.3. The van der Waals surface area contributed by atoms with Crippen LogP contribution in [0.5, 0.6) is 0 Å². The summed E-state index contributed by atoms with van der Waals surface area (Å²) in [5.41, 5.74) is 1.87. The molecule has 0 atom stereocenters. The maximum absolute atomic E-state index is 12.3. The minimum absolute atomic E-state index is 0.0733. The fourth-order valence-electron chi connectivity index (χ4n) is 3.05. The molecule has 1 aliphatic heterocycles. The van der Waals surface area contributed by atoms with Crippen LogP contribution in [0.15, 0.2) is 48.8 Å². The van der Waals surface area contributed by atoms with Crippen LogP contribution in [0.2, 0.25) is 5.02 Å². The lowest BCUT2D eigenvalue weighted by Crippen LogP contribution is -2.45. The van der Waals surface area contributed by atoms with Gasteiger partial charge in [0.25, 0.3) is 5.91 Å². The van der Waals surface area contributed by atoms with Crippen molar-refractivity contribution in [1.29, 1.82) is 0 Å². The van der Waals surface area contributed by atoms with Crippen molar-refractivity contribution in [3.63, 3.8) is 0 Å². The smallest absolute Gasteiger partial charge is 0.253 e.